The topological polar surface area (TPSA) is 76.2 Å². The number of hydrogen-bond acceptors (Lipinski definition) is 5. The smallest absolute Gasteiger partial charge is 0.287 e. The number of aromatic nitrogens is 3. The highest BCUT2D eigenvalue weighted by Crippen LogP contribution is 2.23. The van der Waals surface area contributed by atoms with E-state index in [-0.39, 0.29) is 11.9 Å². The molecule has 0 spiro atoms. The minimum absolute atomic E-state index is 0.192. The van der Waals surface area contributed by atoms with Crippen molar-refractivity contribution < 1.29 is 9.21 Å². The van der Waals surface area contributed by atoms with E-state index >= 15 is 0 Å². The molecule has 0 saturated heterocycles. The van der Waals surface area contributed by atoms with Crippen LogP contribution in [-0.2, 0) is 13.0 Å². The van der Waals surface area contributed by atoms with E-state index in [9.17, 15) is 4.79 Å². The zero-order valence-corrected chi connectivity index (χ0v) is 17.3. The summed E-state index contributed by atoms with van der Waals surface area (Å²) in [5.41, 5.74) is 1.38. The molecule has 0 fully saturated rings. The highest BCUT2D eigenvalue weighted by molar-refractivity contribution is 5.91. The number of rotatable bonds is 7. The first-order valence-corrected chi connectivity index (χ1v) is 10.1. The minimum atomic E-state index is -0.216. The summed E-state index contributed by atoms with van der Waals surface area (Å²) in [7, 11) is 0. The normalized spacial score (nSPS) is 16.7. The average molecular weight is 386 g/mol. The molecule has 1 N–H and O–H groups in total. The predicted molar refractivity (Wildman–Crippen MR) is 108 cm³/mol. The van der Waals surface area contributed by atoms with Crippen LogP contribution in [0.1, 0.15) is 62.4 Å². The summed E-state index contributed by atoms with van der Waals surface area (Å²) in [6, 6.07) is 3.20. The van der Waals surface area contributed by atoms with E-state index < -0.39 is 0 Å². The van der Waals surface area contributed by atoms with E-state index in [1.165, 1.54) is 11.8 Å². The van der Waals surface area contributed by atoms with Gasteiger partial charge in [-0.15, -0.1) is 10.2 Å². The minimum Gasteiger partial charge on any atom is -0.459 e. The van der Waals surface area contributed by atoms with Crippen LogP contribution in [0.4, 0.5) is 0 Å². The zero-order chi connectivity index (χ0) is 20.1. The van der Waals surface area contributed by atoms with Gasteiger partial charge in [0.2, 0.25) is 0 Å². The van der Waals surface area contributed by atoms with Gasteiger partial charge in [0.15, 0.2) is 11.6 Å². The number of furan rings is 1. The maximum absolute atomic E-state index is 12.6. The predicted octanol–water partition coefficient (Wildman–Crippen LogP) is 3.21. The van der Waals surface area contributed by atoms with E-state index in [2.05, 4.69) is 58.8 Å². The Morgan fingerprint density at radius 3 is 2.82 bits per heavy atom. The van der Waals surface area contributed by atoms with Crippen LogP contribution in [0.25, 0.3) is 0 Å². The fraction of sp³-hybridized carbons (Fsp3) is 0.571. The molecule has 1 aliphatic rings. The molecule has 3 heterocycles. The largest absolute Gasteiger partial charge is 0.459 e. The number of carbonyl (C=O) groups is 1. The number of allylic oxidation sites excluding steroid dienone is 1. The second kappa shape index (κ2) is 9.19. The van der Waals surface area contributed by atoms with Gasteiger partial charge in [-0.3, -0.25) is 9.69 Å². The number of amides is 1. The molecule has 0 aliphatic carbocycles. The van der Waals surface area contributed by atoms with Gasteiger partial charge in [0.1, 0.15) is 5.82 Å². The van der Waals surface area contributed by atoms with Gasteiger partial charge in [-0.1, -0.05) is 25.5 Å². The number of nitrogens with zero attached hydrogens (tertiary/aromatic N) is 4. The molecule has 1 aliphatic heterocycles. The fourth-order valence-electron chi connectivity index (χ4n) is 3.59. The zero-order valence-electron chi connectivity index (χ0n) is 17.3. The van der Waals surface area contributed by atoms with Crippen molar-refractivity contribution in [1.29, 1.82) is 0 Å². The summed E-state index contributed by atoms with van der Waals surface area (Å²) in [6.07, 6.45) is 5.34. The van der Waals surface area contributed by atoms with E-state index in [4.69, 9.17) is 4.42 Å². The lowest BCUT2D eigenvalue weighted by Crippen LogP contribution is -2.32. The molecule has 0 aromatic carbocycles. The van der Waals surface area contributed by atoms with Gasteiger partial charge in [-0.05, 0) is 38.3 Å². The lowest BCUT2D eigenvalue weighted by Gasteiger charge is -2.22. The molecule has 152 valence electrons. The Labute approximate surface area is 166 Å². The molecular weight excluding hydrogens is 354 g/mol. The van der Waals surface area contributed by atoms with Gasteiger partial charge in [0, 0.05) is 32.6 Å². The van der Waals surface area contributed by atoms with Gasteiger partial charge in [0.25, 0.3) is 5.91 Å². The number of nitrogens with one attached hydrogen (secondary N) is 1. The van der Waals surface area contributed by atoms with Crippen molar-refractivity contribution in [2.45, 2.75) is 53.1 Å². The van der Waals surface area contributed by atoms with Crippen LogP contribution in [0.5, 0.6) is 0 Å². The van der Waals surface area contributed by atoms with E-state index in [0.717, 1.165) is 50.7 Å². The van der Waals surface area contributed by atoms with Crippen molar-refractivity contribution in [2.75, 3.05) is 19.6 Å². The van der Waals surface area contributed by atoms with Crippen LogP contribution in [0.2, 0.25) is 0 Å². The molecule has 7 nitrogen and oxygen atoms in total. The van der Waals surface area contributed by atoms with Crippen molar-refractivity contribution in [1.82, 2.24) is 25.0 Å². The molecule has 2 aromatic rings. The molecule has 2 aromatic heterocycles. The van der Waals surface area contributed by atoms with Crippen LogP contribution in [0, 0.1) is 5.92 Å². The Kier molecular flexibility index (Phi) is 6.67. The van der Waals surface area contributed by atoms with Gasteiger partial charge in [0.05, 0.1) is 12.3 Å². The summed E-state index contributed by atoms with van der Waals surface area (Å²) in [5, 5.41) is 12.0. The first-order valence-electron chi connectivity index (χ1n) is 10.1. The summed E-state index contributed by atoms with van der Waals surface area (Å²) >= 11 is 0. The molecule has 0 radical (unpaired) electrons. The first-order chi connectivity index (χ1) is 13.5. The van der Waals surface area contributed by atoms with Gasteiger partial charge < -0.3 is 14.3 Å². The molecule has 7 heteroatoms. The molecule has 1 atom stereocenters. The fourth-order valence-corrected chi connectivity index (χ4v) is 3.59. The molecular formula is C21H31N5O2. The summed E-state index contributed by atoms with van der Waals surface area (Å²) < 4.78 is 7.44. The van der Waals surface area contributed by atoms with Crippen LogP contribution < -0.4 is 5.32 Å². The first kappa shape index (κ1) is 20.3. The number of carbonyl (C=O) groups excluding carboxylic acids is 1. The molecule has 3 rings (SSSR count). The molecule has 28 heavy (non-hydrogen) atoms. The van der Waals surface area contributed by atoms with Gasteiger partial charge >= 0.3 is 0 Å². The third kappa shape index (κ3) is 4.90. The molecule has 1 amide bonds. The van der Waals surface area contributed by atoms with Crippen molar-refractivity contribution in [3.8, 4) is 0 Å². The Hall–Kier alpha value is -2.41. The van der Waals surface area contributed by atoms with E-state index in [0.29, 0.717) is 11.7 Å². The van der Waals surface area contributed by atoms with Crippen LogP contribution in [0.3, 0.4) is 0 Å². The van der Waals surface area contributed by atoms with E-state index in [1.807, 2.05) is 0 Å². The third-order valence-corrected chi connectivity index (χ3v) is 5.18. The maximum Gasteiger partial charge on any atom is 0.287 e. The van der Waals surface area contributed by atoms with Crippen molar-refractivity contribution in [3.63, 3.8) is 0 Å². The molecule has 0 bridgehead atoms. The Morgan fingerprint density at radius 1 is 1.32 bits per heavy atom. The lowest BCUT2D eigenvalue weighted by molar-refractivity contribution is 0.0900. The maximum atomic E-state index is 12.6. The van der Waals surface area contributed by atoms with Crippen molar-refractivity contribution >= 4 is 5.91 Å². The highest BCUT2D eigenvalue weighted by Gasteiger charge is 2.26. The number of fused-ring (bicyclic) bond motifs is 1. The molecule has 0 saturated carbocycles. The van der Waals surface area contributed by atoms with Crippen LogP contribution >= 0.6 is 0 Å². The van der Waals surface area contributed by atoms with E-state index in [1.54, 1.807) is 12.1 Å². The quantitative estimate of drug-likeness (QED) is 0.741. The lowest BCUT2D eigenvalue weighted by atomic mass is 10.0. The SMILES string of the molecule is C/C=C(\C)CN1CCc2nnc(C(CC(C)C)NC(=O)c3ccco3)n2CC1. The van der Waals surface area contributed by atoms with Gasteiger partial charge in [-0.25, -0.2) is 0 Å². The standard InChI is InChI=1S/C21H31N5O2/c1-5-16(4)14-25-9-8-19-23-24-20(26(19)11-10-25)17(13-15(2)3)22-21(27)18-7-6-12-28-18/h5-7,12,15,17H,8-11,13-14H2,1-4H3,(H,22,27)/b16-5+. The van der Waals surface area contributed by atoms with Crippen LogP contribution in [0.15, 0.2) is 34.5 Å². The second-order valence-corrected chi connectivity index (χ2v) is 7.92. The van der Waals surface area contributed by atoms with Crippen molar-refractivity contribution in [3.05, 3.63) is 47.5 Å². The van der Waals surface area contributed by atoms with Crippen molar-refractivity contribution in [2.24, 2.45) is 5.92 Å². The summed E-state index contributed by atoms with van der Waals surface area (Å²) in [6.45, 7) is 12.3. The average Bonchev–Trinajstić information content (AvgIpc) is 3.29. The molecule has 1 unspecified atom stereocenters. The monoisotopic (exact) mass is 385 g/mol. The Morgan fingerprint density at radius 2 is 2.14 bits per heavy atom. The van der Waals surface area contributed by atoms with Crippen LogP contribution in [-0.4, -0.2) is 45.2 Å². The van der Waals surface area contributed by atoms with Gasteiger partial charge in [-0.2, -0.15) is 0 Å². The highest BCUT2D eigenvalue weighted by atomic mass is 16.3. The third-order valence-electron chi connectivity index (χ3n) is 5.18. The summed E-state index contributed by atoms with van der Waals surface area (Å²) in [5.74, 6) is 2.35. The number of hydrogen-bond donors (Lipinski definition) is 1. The second-order valence-electron chi connectivity index (χ2n) is 7.92. The Bertz CT molecular complexity index is 807. The summed E-state index contributed by atoms with van der Waals surface area (Å²) in [4.78, 5) is 15.0. The Balaban J connectivity index is 1.78.